The van der Waals surface area contributed by atoms with Crippen molar-refractivity contribution in [2.75, 3.05) is 18.1 Å². The molecule has 0 unspecified atom stereocenters. The minimum atomic E-state index is -0.508. The lowest BCUT2D eigenvalue weighted by atomic mass is 9.96. The van der Waals surface area contributed by atoms with E-state index in [9.17, 15) is 19.2 Å². The summed E-state index contributed by atoms with van der Waals surface area (Å²) in [4.78, 5) is 46.0. The Morgan fingerprint density at radius 3 is 2.31 bits per heavy atom. The minimum absolute atomic E-state index is 0.157. The maximum atomic E-state index is 11.7. The number of amides is 6. The fraction of sp³-hybridized carbons (Fsp3) is 0.750. The molecule has 4 N–H and O–H groups in total. The van der Waals surface area contributed by atoms with Crippen molar-refractivity contribution in [2.45, 2.75) is 57.9 Å². The number of hydrogen-bond acceptors (Lipinski definition) is 6. The van der Waals surface area contributed by atoms with Crippen LogP contribution >= 0.6 is 21.6 Å². The number of hydrogen-bond donors (Lipinski definition) is 4. The third-order valence-corrected chi connectivity index (χ3v) is 5.94. The summed E-state index contributed by atoms with van der Waals surface area (Å²) in [6.07, 6.45) is 6.38. The third-order valence-electron chi connectivity index (χ3n) is 3.67. The van der Waals surface area contributed by atoms with E-state index in [1.54, 1.807) is 0 Å². The van der Waals surface area contributed by atoms with E-state index in [-0.39, 0.29) is 23.6 Å². The molecule has 148 valence electrons. The molecular weight excluding hydrogens is 376 g/mol. The number of nitrogens with one attached hydrogen (secondary N) is 4. The van der Waals surface area contributed by atoms with Crippen LogP contribution in [0.15, 0.2) is 0 Å². The Labute approximate surface area is 162 Å². The van der Waals surface area contributed by atoms with Crippen molar-refractivity contribution in [1.29, 1.82) is 0 Å². The Morgan fingerprint density at radius 2 is 1.62 bits per heavy atom. The van der Waals surface area contributed by atoms with Crippen LogP contribution in [0, 0.1) is 0 Å². The Balaban J connectivity index is 1.99. The molecule has 0 aromatic carbocycles. The molecule has 0 atom stereocenters. The number of rotatable bonds is 9. The highest BCUT2D eigenvalue weighted by Gasteiger charge is 2.16. The second-order valence-corrected chi connectivity index (χ2v) is 8.58. The molecule has 0 aliphatic heterocycles. The normalized spacial score (nSPS) is 14.3. The summed E-state index contributed by atoms with van der Waals surface area (Å²) >= 11 is 0. The monoisotopic (exact) mass is 404 g/mol. The van der Waals surface area contributed by atoms with Crippen LogP contribution in [0.5, 0.6) is 0 Å². The van der Waals surface area contributed by atoms with Crippen molar-refractivity contribution in [3.63, 3.8) is 0 Å². The first-order chi connectivity index (χ1) is 12.5. The molecule has 1 fully saturated rings. The van der Waals surface area contributed by atoms with Crippen LogP contribution in [-0.2, 0) is 9.59 Å². The standard InChI is InChI=1S/C16H28N4O4S2/c1-2-6-13(21)19-15(23)17-9-10-25-26-11-14(22)20-16(24)18-12-7-4-3-5-8-12/h12H,2-11H2,1H3,(H2,17,19,21,23)(H2,18,20,22,24). The molecule has 6 amide bonds. The average Bonchev–Trinajstić information content (AvgIpc) is 2.58. The Kier molecular flexibility index (Phi) is 12.0. The van der Waals surface area contributed by atoms with E-state index in [1.807, 2.05) is 6.92 Å². The number of carbonyl (C=O) groups excluding carboxylic acids is 4. The van der Waals surface area contributed by atoms with E-state index >= 15 is 0 Å². The van der Waals surface area contributed by atoms with Gasteiger partial charge in [0.25, 0.3) is 0 Å². The lowest BCUT2D eigenvalue weighted by molar-refractivity contribution is -0.120. The summed E-state index contributed by atoms with van der Waals surface area (Å²) in [5.41, 5.74) is 0. The van der Waals surface area contributed by atoms with Gasteiger partial charge in [0.1, 0.15) is 0 Å². The molecule has 0 saturated heterocycles. The SMILES string of the molecule is CCCC(=O)NC(=O)NCCSSCC(=O)NC(=O)NC1CCCCC1. The Bertz CT molecular complexity index is 485. The molecule has 8 nitrogen and oxygen atoms in total. The van der Waals surface area contributed by atoms with E-state index in [0.29, 0.717) is 25.1 Å². The van der Waals surface area contributed by atoms with Crippen molar-refractivity contribution < 1.29 is 19.2 Å². The van der Waals surface area contributed by atoms with E-state index in [0.717, 1.165) is 25.7 Å². The topological polar surface area (TPSA) is 116 Å². The molecule has 0 heterocycles. The predicted octanol–water partition coefficient (Wildman–Crippen LogP) is 2.15. The maximum Gasteiger partial charge on any atom is 0.321 e. The molecule has 1 aliphatic rings. The second kappa shape index (κ2) is 13.7. The fourth-order valence-corrected chi connectivity index (χ4v) is 4.19. The highest BCUT2D eigenvalue weighted by Crippen LogP contribution is 2.20. The van der Waals surface area contributed by atoms with Crippen LogP contribution in [-0.4, -0.2) is 48.0 Å². The summed E-state index contributed by atoms with van der Waals surface area (Å²) in [5.74, 6) is 0.104. The summed E-state index contributed by atoms with van der Waals surface area (Å²) < 4.78 is 0. The smallest absolute Gasteiger partial charge is 0.321 e. The molecule has 0 aromatic rings. The van der Waals surface area contributed by atoms with Crippen molar-refractivity contribution in [2.24, 2.45) is 0 Å². The Hall–Kier alpha value is -1.42. The van der Waals surface area contributed by atoms with Gasteiger partial charge in [-0.1, -0.05) is 47.8 Å². The van der Waals surface area contributed by atoms with Gasteiger partial charge in [0.2, 0.25) is 11.8 Å². The maximum absolute atomic E-state index is 11.7. The van der Waals surface area contributed by atoms with Crippen molar-refractivity contribution >= 4 is 45.5 Å². The Morgan fingerprint density at radius 1 is 0.923 bits per heavy atom. The molecule has 0 bridgehead atoms. The third kappa shape index (κ3) is 11.2. The van der Waals surface area contributed by atoms with Gasteiger partial charge in [-0.3, -0.25) is 20.2 Å². The zero-order valence-electron chi connectivity index (χ0n) is 15.1. The first kappa shape index (κ1) is 22.6. The van der Waals surface area contributed by atoms with Crippen LogP contribution in [0.4, 0.5) is 9.59 Å². The molecule has 0 spiro atoms. The van der Waals surface area contributed by atoms with Crippen LogP contribution in [0.1, 0.15) is 51.9 Å². The van der Waals surface area contributed by atoms with Crippen LogP contribution < -0.4 is 21.3 Å². The zero-order valence-corrected chi connectivity index (χ0v) is 16.7. The van der Waals surface area contributed by atoms with Crippen LogP contribution in [0.2, 0.25) is 0 Å². The van der Waals surface area contributed by atoms with Crippen molar-refractivity contribution in [1.82, 2.24) is 21.3 Å². The lowest BCUT2D eigenvalue weighted by Crippen LogP contribution is -2.45. The van der Waals surface area contributed by atoms with Gasteiger partial charge >= 0.3 is 12.1 Å². The van der Waals surface area contributed by atoms with Gasteiger partial charge in [-0.2, -0.15) is 0 Å². The second-order valence-electron chi connectivity index (χ2n) is 5.99. The largest absolute Gasteiger partial charge is 0.337 e. The van der Waals surface area contributed by atoms with Crippen LogP contribution in [0.3, 0.4) is 0 Å². The van der Waals surface area contributed by atoms with E-state index in [1.165, 1.54) is 28.0 Å². The highest BCUT2D eigenvalue weighted by molar-refractivity contribution is 8.76. The van der Waals surface area contributed by atoms with Gasteiger partial charge in [-0.05, 0) is 19.3 Å². The van der Waals surface area contributed by atoms with Gasteiger partial charge < -0.3 is 10.6 Å². The number of urea groups is 2. The van der Waals surface area contributed by atoms with Crippen molar-refractivity contribution in [3.8, 4) is 0 Å². The van der Waals surface area contributed by atoms with Gasteiger partial charge in [0.15, 0.2) is 0 Å². The fourth-order valence-electron chi connectivity index (χ4n) is 2.45. The first-order valence-corrected chi connectivity index (χ1v) is 11.4. The molecule has 10 heteroatoms. The van der Waals surface area contributed by atoms with Gasteiger partial charge in [0.05, 0.1) is 5.75 Å². The summed E-state index contributed by atoms with van der Waals surface area (Å²) in [7, 11) is 2.72. The summed E-state index contributed by atoms with van der Waals surface area (Å²) in [5, 5.41) is 9.96. The quantitative estimate of drug-likeness (QED) is 0.346. The van der Waals surface area contributed by atoms with E-state index in [4.69, 9.17) is 0 Å². The number of imide groups is 2. The van der Waals surface area contributed by atoms with Gasteiger partial charge in [-0.25, -0.2) is 9.59 Å². The van der Waals surface area contributed by atoms with Gasteiger partial charge in [0, 0.05) is 24.8 Å². The van der Waals surface area contributed by atoms with E-state index < -0.39 is 12.1 Å². The zero-order chi connectivity index (χ0) is 19.2. The highest BCUT2D eigenvalue weighted by atomic mass is 33.1. The molecule has 1 rings (SSSR count). The molecule has 0 aromatic heterocycles. The molecular formula is C16H28N4O4S2. The minimum Gasteiger partial charge on any atom is -0.337 e. The van der Waals surface area contributed by atoms with Crippen LogP contribution in [0.25, 0.3) is 0 Å². The summed E-state index contributed by atoms with van der Waals surface area (Å²) in [6.45, 7) is 2.24. The average molecular weight is 405 g/mol. The first-order valence-electron chi connectivity index (χ1n) is 8.93. The molecule has 1 aliphatic carbocycles. The molecule has 26 heavy (non-hydrogen) atoms. The number of carbonyl (C=O) groups is 4. The van der Waals surface area contributed by atoms with E-state index in [2.05, 4.69) is 21.3 Å². The van der Waals surface area contributed by atoms with Crippen molar-refractivity contribution in [3.05, 3.63) is 0 Å². The molecule has 0 radical (unpaired) electrons. The van der Waals surface area contributed by atoms with Gasteiger partial charge in [-0.15, -0.1) is 0 Å². The molecule has 1 saturated carbocycles. The summed E-state index contributed by atoms with van der Waals surface area (Å²) in [6, 6.07) is -0.770. The lowest BCUT2D eigenvalue weighted by Gasteiger charge is -2.22. The predicted molar refractivity (Wildman–Crippen MR) is 105 cm³/mol.